The molecular formula is C22H32F6N4O6. The van der Waals surface area contributed by atoms with Gasteiger partial charge in [-0.05, 0) is 31.9 Å². The first-order chi connectivity index (χ1) is 17.3. The summed E-state index contributed by atoms with van der Waals surface area (Å²) in [6, 6.07) is 2.27. The number of rotatable bonds is 6. The summed E-state index contributed by atoms with van der Waals surface area (Å²) in [7, 11) is 5.29. The van der Waals surface area contributed by atoms with Gasteiger partial charge in [0.25, 0.3) is 5.91 Å². The highest BCUT2D eigenvalue weighted by molar-refractivity contribution is 5.98. The van der Waals surface area contributed by atoms with Crippen molar-refractivity contribution in [3.8, 4) is 0 Å². The molecule has 1 aliphatic rings. The van der Waals surface area contributed by atoms with E-state index in [0.29, 0.717) is 11.4 Å². The van der Waals surface area contributed by atoms with E-state index in [-0.39, 0.29) is 11.9 Å². The first-order valence-corrected chi connectivity index (χ1v) is 11.1. The van der Waals surface area contributed by atoms with Crippen LogP contribution in [0.5, 0.6) is 0 Å². The molecule has 0 radical (unpaired) electrons. The lowest BCUT2D eigenvalue weighted by molar-refractivity contribution is -0.193. The predicted octanol–water partition coefficient (Wildman–Crippen LogP) is 2.92. The molecule has 1 aromatic rings. The number of anilines is 1. The van der Waals surface area contributed by atoms with Crippen LogP contribution in [0.25, 0.3) is 0 Å². The largest absolute Gasteiger partial charge is 0.490 e. The van der Waals surface area contributed by atoms with Gasteiger partial charge >= 0.3 is 24.3 Å². The van der Waals surface area contributed by atoms with Crippen LogP contribution in [0.4, 0.5) is 32.2 Å². The maximum absolute atomic E-state index is 12.5. The minimum absolute atomic E-state index is 0.00561. The molecule has 3 N–H and O–H groups in total. The number of hydrogen-bond acceptors (Lipinski definition) is 7. The summed E-state index contributed by atoms with van der Waals surface area (Å²) < 4.78 is 68.7. The molecule has 0 unspecified atom stereocenters. The molecule has 0 fully saturated rings. The fraction of sp³-hybridized carbons (Fsp3) is 0.636. The van der Waals surface area contributed by atoms with Gasteiger partial charge in [0.15, 0.2) is 0 Å². The van der Waals surface area contributed by atoms with Crippen LogP contribution in [0.2, 0.25) is 0 Å². The number of pyridine rings is 1. The van der Waals surface area contributed by atoms with Crippen molar-refractivity contribution in [2.75, 3.05) is 52.8 Å². The van der Waals surface area contributed by atoms with Crippen LogP contribution in [0.15, 0.2) is 6.07 Å². The number of carbonyl (C=O) groups is 3. The van der Waals surface area contributed by atoms with Crippen molar-refractivity contribution in [3.63, 3.8) is 0 Å². The third-order valence-electron chi connectivity index (χ3n) is 4.71. The summed E-state index contributed by atoms with van der Waals surface area (Å²) in [5.74, 6) is -4.82. The van der Waals surface area contributed by atoms with Crippen LogP contribution >= 0.6 is 0 Å². The van der Waals surface area contributed by atoms with Crippen molar-refractivity contribution < 1.29 is 55.7 Å². The van der Waals surface area contributed by atoms with Gasteiger partial charge in [0, 0.05) is 59.0 Å². The molecule has 218 valence electrons. The van der Waals surface area contributed by atoms with E-state index in [0.717, 1.165) is 44.8 Å². The zero-order chi connectivity index (χ0) is 29.8. The number of ether oxygens (including phenoxy) is 1. The second kappa shape index (κ2) is 15.3. The normalized spacial score (nSPS) is 13.7. The highest BCUT2D eigenvalue weighted by Gasteiger charge is 2.38. The standard InChI is InChI=1S/C18H30N4O2.2C2HF3O2/c1-13(2)19-17-15(18(23)21(3)4)12-14-6-8-22(10-11-24-5)9-7-16(14)20-17;2*3-2(4,5)1(6)7/h12-13H,6-11H2,1-5H3,(H,19,20);2*(H,6,7). The minimum atomic E-state index is -5.08. The maximum Gasteiger partial charge on any atom is 0.490 e. The van der Waals surface area contributed by atoms with E-state index in [2.05, 4.69) is 24.1 Å². The molecule has 1 amide bonds. The number of nitrogens with one attached hydrogen (secondary N) is 1. The SMILES string of the molecule is COCCN1CCc2cc(C(=O)N(C)C)c(NC(C)C)nc2CC1.O=C(O)C(F)(F)F.O=C(O)C(F)(F)F. The van der Waals surface area contributed by atoms with Gasteiger partial charge in [-0.25, -0.2) is 14.6 Å². The number of carbonyl (C=O) groups excluding carboxylic acids is 1. The minimum Gasteiger partial charge on any atom is -0.475 e. The molecule has 0 atom stereocenters. The lowest BCUT2D eigenvalue weighted by Crippen LogP contribution is -2.29. The summed E-state index contributed by atoms with van der Waals surface area (Å²) in [6.07, 6.45) is -8.34. The van der Waals surface area contributed by atoms with Gasteiger partial charge in [0.1, 0.15) is 5.82 Å². The first kappa shape index (κ1) is 34.9. The highest BCUT2D eigenvalue weighted by atomic mass is 19.4. The summed E-state index contributed by atoms with van der Waals surface area (Å²) in [4.78, 5) is 39.2. The number of aromatic nitrogens is 1. The Morgan fingerprint density at radius 2 is 1.53 bits per heavy atom. The van der Waals surface area contributed by atoms with Crippen molar-refractivity contribution in [1.82, 2.24) is 14.8 Å². The van der Waals surface area contributed by atoms with E-state index in [9.17, 15) is 31.1 Å². The van der Waals surface area contributed by atoms with Crippen LogP contribution in [0, 0.1) is 0 Å². The number of hydrogen-bond donors (Lipinski definition) is 3. The number of methoxy groups -OCH3 is 1. The number of fused-ring (bicyclic) bond motifs is 1. The Hall–Kier alpha value is -3.14. The van der Waals surface area contributed by atoms with Gasteiger partial charge in [-0.3, -0.25) is 4.79 Å². The number of aliphatic carboxylic acids is 2. The second-order valence-corrected chi connectivity index (χ2v) is 8.43. The van der Waals surface area contributed by atoms with Crippen molar-refractivity contribution >= 4 is 23.7 Å². The predicted molar refractivity (Wildman–Crippen MR) is 124 cm³/mol. The van der Waals surface area contributed by atoms with Crippen molar-refractivity contribution in [2.24, 2.45) is 0 Å². The Balaban J connectivity index is 0.000000804. The van der Waals surface area contributed by atoms with Gasteiger partial charge in [-0.2, -0.15) is 26.3 Å². The van der Waals surface area contributed by atoms with Crippen LogP contribution in [0.3, 0.4) is 0 Å². The van der Waals surface area contributed by atoms with Crippen molar-refractivity contribution in [3.05, 3.63) is 22.9 Å². The van der Waals surface area contributed by atoms with Crippen LogP contribution < -0.4 is 5.32 Å². The average molecular weight is 563 g/mol. The summed E-state index contributed by atoms with van der Waals surface area (Å²) >= 11 is 0. The Kier molecular flexibility index (Phi) is 14.0. The van der Waals surface area contributed by atoms with E-state index in [1.54, 1.807) is 26.1 Å². The van der Waals surface area contributed by atoms with Crippen molar-refractivity contribution in [2.45, 2.75) is 45.1 Å². The molecule has 38 heavy (non-hydrogen) atoms. The number of nitrogens with zero attached hydrogens (tertiary/aromatic N) is 3. The van der Waals surface area contributed by atoms with Crippen LogP contribution in [0.1, 0.15) is 35.5 Å². The smallest absolute Gasteiger partial charge is 0.475 e. The quantitative estimate of drug-likeness (QED) is 0.448. The summed E-state index contributed by atoms with van der Waals surface area (Å²) in [5, 5.41) is 17.6. The fourth-order valence-electron chi connectivity index (χ4n) is 2.91. The molecule has 2 rings (SSSR count). The van der Waals surface area contributed by atoms with Crippen molar-refractivity contribution in [1.29, 1.82) is 0 Å². The van der Waals surface area contributed by atoms with Gasteiger partial charge in [0.05, 0.1) is 12.2 Å². The molecule has 0 aromatic carbocycles. The lowest BCUT2D eigenvalue weighted by Gasteiger charge is -2.19. The molecule has 2 heterocycles. The van der Waals surface area contributed by atoms with E-state index < -0.39 is 24.3 Å². The number of amides is 1. The molecule has 16 heteroatoms. The van der Waals surface area contributed by atoms with E-state index in [1.165, 1.54) is 5.56 Å². The van der Waals surface area contributed by atoms with Gasteiger partial charge in [0.2, 0.25) is 0 Å². The van der Waals surface area contributed by atoms with E-state index in [4.69, 9.17) is 29.5 Å². The van der Waals surface area contributed by atoms with Crippen LogP contribution in [-0.2, 0) is 27.2 Å². The Labute approximate surface area is 215 Å². The molecule has 10 nitrogen and oxygen atoms in total. The average Bonchev–Trinajstić information content (AvgIpc) is 2.97. The van der Waals surface area contributed by atoms with E-state index >= 15 is 0 Å². The molecule has 0 aliphatic carbocycles. The summed E-state index contributed by atoms with van der Waals surface area (Å²) in [5.41, 5.74) is 2.96. The van der Waals surface area contributed by atoms with Gasteiger partial charge < -0.3 is 30.1 Å². The fourth-order valence-corrected chi connectivity index (χ4v) is 2.91. The van der Waals surface area contributed by atoms with Gasteiger partial charge in [-0.1, -0.05) is 0 Å². The van der Waals surface area contributed by atoms with E-state index in [1.807, 2.05) is 6.07 Å². The third-order valence-corrected chi connectivity index (χ3v) is 4.71. The summed E-state index contributed by atoms with van der Waals surface area (Å²) in [6.45, 7) is 7.75. The zero-order valence-corrected chi connectivity index (χ0v) is 21.5. The molecule has 1 aliphatic heterocycles. The zero-order valence-electron chi connectivity index (χ0n) is 21.5. The third kappa shape index (κ3) is 12.9. The number of carboxylic acid groups (broad SMARTS) is 2. The monoisotopic (exact) mass is 562 g/mol. The lowest BCUT2D eigenvalue weighted by atomic mass is 10.0. The highest BCUT2D eigenvalue weighted by Crippen LogP contribution is 2.23. The van der Waals surface area contributed by atoms with Crippen LogP contribution in [-0.4, -0.2) is 109 Å². The Morgan fingerprint density at radius 3 is 1.92 bits per heavy atom. The molecular weight excluding hydrogens is 530 g/mol. The number of alkyl halides is 6. The molecule has 0 spiro atoms. The molecule has 1 aromatic heterocycles. The number of carboxylic acids is 2. The maximum atomic E-state index is 12.5. The Bertz CT molecular complexity index is 914. The molecule has 0 saturated carbocycles. The van der Waals surface area contributed by atoms with Gasteiger partial charge in [-0.15, -0.1) is 0 Å². The number of halogens is 6. The molecule has 0 saturated heterocycles. The molecule has 0 bridgehead atoms. The topological polar surface area (TPSA) is 132 Å². The Morgan fingerprint density at radius 1 is 1.05 bits per heavy atom. The first-order valence-electron chi connectivity index (χ1n) is 11.1. The second-order valence-electron chi connectivity index (χ2n) is 8.43.